The van der Waals surface area contributed by atoms with Gasteiger partial charge in [0.05, 0.1) is 34.5 Å². The van der Waals surface area contributed by atoms with Gasteiger partial charge in [0, 0.05) is 24.2 Å². The van der Waals surface area contributed by atoms with Crippen molar-refractivity contribution in [2.24, 2.45) is 0 Å². The zero-order valence-corrected chi connectivity index (χ0v) is 16.0. The Morgan fingerprint density at radius 1 is 1.37 bits per heavy atom. The lowest BCUT2D eigenvalue weighted by atomic mass is 10.3. The van der Waals surface area contributed by atoms with E-state index in [2.05, 4.69) is 10.3 Å². The predicted octanol–water partition coefficient (Wildman–Crippen LogP) is 3.94. The molecule has 27 heavy (non-hydrogen) atoms. The SMILES string of the molecule is COc1ccc(Cl)cc1NC(=O)CN(C)c1nc2ccc([N+](=O)[O-])cc2s1. The lowest BCUT2D eigenvalue weighted by Gasteiger charge is -2.16. The van der Waals surface area contributed by atoms with E-state index in [0.717, 1.165) is 0 Å². The van der Waals surface area contributed by atoms with E-state index in [9.17, 15) is 14.9 Å². The number of methoxy groups -OCH3 is 1. The Balaban J connectivity index is 1.74. The summed E-state index contributed by atoms with van der Waals surface area (Å²) in [6.07, 6.45) is 0. The number of rotatable bonds is 6. The summed E-state index contributed by atoms with van der Waals surface area (Å²) in [4.78, 5) is 28.9. The van der Waals surface area contributed by atoms with Crippen molar-refractivity contribution in [1.29, 1.82) is 0 Å². The van der Waals surface area contributed by atoms with Gasteiger partial charge in [-0.3, -0.25) is 14.9 Å². The van der Waals surface area contributed by atoms with Crippen molar-refractivity contribution in [3.8, 4) is 5.75 Å². The second kappa shape index (κ2) is 7.77. The first-order chi connectivity index (χ1) is 12.9. The maximum absolute atomic E-state index is 12.4. The van der Waals surface area contributed by atoms with Crippen LogP contribution in [-0.2, 0) is 4.79 Å². The number of hydrogen-bond acceptors (Lipinski definition) is 7. The zero-order valence-electron chi connectivity index (χ0n) is 14.4. The molecule has 3 rings (SSSR count). The molecule has 0 aliphatic rings. The second-order valence-corrected chi connectivity index (χ2v) is 7.10. The van der Waals surface area contributed by atoms with E-state index in [-0.39, 0.29) is 18.1 Å². The van der Waals surface area contributed by atoms with Crippen molar-refractivity contribution in [2.45, 2.75) is 0 Å². The molecule has 0 aliphatic carbocycles. The lowest BCUT2D eigenvalue weighted by Crippen LogP contribution is -2.30. The van der Waals surface area contributed by atoms with Crippen LogP contribution in [-0.4, -0.2) is 36.5 Å². The number of fused-ring (bicyclic) bond motifs is 1. The number of halogens is 1. The molecule has 0 fully saturated rings. The van der Waals surface area contributed by atoms with Gasteiger partial charge in [-0.05, 0) is 24.3 Å². The molecule has 0 saturated carbocycles. The molecule has 10 heteroatoms. The van der Waals surface area contributed by atoms with Crippen molar-refractivity contribution in [3.63, 3.8) is 0 Å². The van der Waals surface area contributed by atoms with Crippen molar-refractivity contribution in [2.75, 3.05) is 30.9 Å². The van der Waals surface area contributed by atoms with E-state index >= 15 is 0 Å². The van der Waals surface area contributed by atoms with Gasteiger partial charge in [-0.2, -0.15) is 0 Å². The first kappa shape index (κ1) is 18.9. The summed E-state index contributed by atoms with van der Waals surface area (Å²) >= 11 is 7.25. The molecule has 3 aromatic rings. The van der Waals surface area contributed by atoms with Crippen molar-refractivity contribution >= 4 is 55.6 Å². The van der Waals surface area contributed by atoms with Crippen molar-refractivity contribution < 1.29 is 14.5 Å². The molecule has 1 N–H and O–H groups in total. The van der Waals surface area contributed by atoms with Gasteiger partial charge in [0.2, 0.25) is 5.91 Å². The van der Waals surface area contributed by atoms with Crippen LogP contribution in [0.2, 0.25) is 5.02 Å². The minimum Gasteiger partial charge on any atom is -0.495 e. The van der Waals surface area contributed by atoms with Crippen LogP contribution in [0.1, 0.15) is 0 Å². The number of non-ortho nitro benzene ring substituents is 1. The largest absolute Gasteiger partial charge is 0.495 e. The fraction of sp³-hybridized carbons (Fsp3) is 0.176. The Bertz CT molecular complexity index is 1020. The smallest absolute Gasteiger partial charge is 0.270 e. The number of carbonyl (C=O) groups is 1. The van der Waals surface area contributed by atoms with Gasteiger partial charge in [0.1, 0.15) is 5.75 Å². The van der Waals surface area contributed by atoms with E-state index in [0.29, 0.717) is 31.8 Å². The molecule has 0 unspecified atom stereocenters. The maximum Gasteiger partial charge on any atom is 0.270 e. The standard InChI is InChI=1S/C17H15ClN4O4S/c1-21(9-16(23)19-13-7-10(18)3-6-14(13)26-2)17-20-12-5-4-11(22(24)25)8-15(12)27-17/h3-8H,9H2,1-2H3,(H,19,23). The molecule has 0 spiro atoms. The molecule has 1 aromatic heterocycles. The maximum atomic E-state index is 12.4. The van der Waals surface area contributed by atoms with E-state index in [1.807, 2.05) is 0 Å². The molecule has 0 bridgehead atoms. The number of nitro benzene ring substituents is 1. The summed E-state index contributed by atoms with van der Waals surface area (Å²) in [5, 5.41) is 14.7. The number of nitrogens with one attached hydrogen (secondary N) is 1. The topological polar surface area (TPSA) is 97.6 Å². The number of amides is 1. The summed E-state index contributed by atoms with van der Waals surface area (Å²) in [5.41, 5.74) is 1.12. The Labute approximate surface area is 163 Å². The number of ether oxygens (including phenoxy) is 1. The number of benzene rings is 2. The van der Waals surface area contributed by atoms with Crippen LogP contribution in [0, 0.1) is 10.1 Å². The molecule has 0 radical (unpaired) electrons. The highest BCUT2D eigenvalue weighted by atomic mass is 35.5. The third-order valence-electron chi connectivity index (χ3n) is 3.71. The van der Waals surface area contributed by atoms with Gasteiger partial charge in [-0.15, -0.1) is 0 Å². The number of anilines is 2. The third kappa shape index (κ3) is 4.26. The van der Waals surface area contributed by atoms with Crippen LogP contribution in [0.5, 0.6) is 5.75 Å². The Morgan fingerprint density at radius 2 is 2.15 bits per heavy atom. The molecular weight excluding hydrogens is 392 g/mol. The highest BCUT2D eigenvalue weighted by molar-refractivity contribution is 7.22. The molecule has 1 heterocycles. The number of likely N-dealkylation sites (N-methyl/N-ethyl adjacent to an activating group) is 1. The van der Waals surface area contributed by atoms with Crippen LogP contribution in [0.4, 0.5) is 16.5 Å². The molecule has 8 nitrogen and oxygen atoms in total. The molecule has 0 aliphatic heterocycles. The summed E-state index contributed by atoms with van der Waals surface area (Å²) in [5.74, 6) is 0.228. The van der Waals surface area contributed by atoms with Crippen LogP contribution in [0.25, 0.3) is 10.2 Å². The van der Waals surface area contributed by atoms with Gasteiger partial charge >= 0.3 is 0 Å². The highest BCUT2D eigenvalue weighted by Crippen LogP contribution is 2.31. The zero-order chi connectivity index (χ0) is 19.6. The molecule has 0 atom stereocenters. The van der Waals surface area contributed by atoms with E-state index in [1.54, 1.807) is 36.2 Å². The van der Waals surface area contributed by atoms with Crippen LogP contribution in [0.3, 0.4) is 0 Å². The quantitative estimate of drug-likeness (QED) is 0.491. The molecule has 1 amide bonds. The monoisotopic (exact) mass is 406 g/mol. The number of carbonyl (C=O) groups excluding carboxylic acids is 1. The van der Waals surface area contributed by atoms with Gasteiger partial charge in [-0.25, -0.2) is 4.98 Å². The molecule has 0 saturated heterocycles. The van der Waals surface area contributed by atoms with E-state index in [4.69, 9.17) is 16.3 Å². The summed E-state index contributed by atoms with van der Waals surface area (Å²) in [7, 11) is 3.23. The van der Waals surface area contributed by atoms with E-state index < -0.39 is 4.92 Å². The summed E-state index contributed by atoms with van der Waals surface area (Å²) in [6, 6.07) is 9.42. The third-order valence-corrected chi connectivity index (χ3v) is 5.08. The minimum atomic E-state index is -0.450. The highest BCUT2D eigenvalue weighted by Gasteiger charge is 2.16. The number of nitrogens with zero attached hydrogens (tertiary/aromatic N) is 3. The van der Waals surface area contributed by atoms with Crippen LogP contribution in [0.15, 0.2) is 36.4 Å². The minimum absolute atomic E-state index is 0.00569. The fourth-order valence-corrected chi connectivity index (χ4v) is 3.56. The number of thiazole rings is 1. The lowest BCUT2D eigenvalue weighted by molar-refractivity contribution is -0.384. The average Bonchev–Trinajstić information content (AvgIpc) is 3.05. The van der Waals surface area contributed by atoms with Gasteiger partial charge in [-0.1, -0.05) is 22.9 Å². The predicted molar refractivity (Wildman–Crippen MR) is 106 cm³/mol. The van der Waals surface area contributed by atoms with Gasteiger partial charge in [0.15, 0.2) is 5.13 Å². The molecular formula is C17H15ClN4O4S. The van der Waals surface area contributed by atoms with E-state index in [1.165, 1.54) is 30.6 Å². The number of nitro groups is 1. The average molecular weight is 407 g/mol. The molecule has 140 valence electrons. The fourth-order valence-electron chi connectivity index (χ4n) is 2.43. The van der Waals surface area contributed by atoms with Crippen LogP contribution < -0.4 is 15.0 Å². The number of hydrogen-bond donors (Lipinski definition) is 1. The first-order valence-electron chi connectivity index (χ1n) is 7.77. The Kier molecular flexibility index (Phi) is 5.43. The Hall–Kier alpha value is -2.91. The molecule has 2 aromatic carbocycles. The summed E-state index contributed by atoms with van der Waals surface area (Å²) in [6.45, 7) is 0.0393. The number of aromatic nitrogens is 1. The van der Waals surface area contributed by atoms with Crippen LogP contribution >= 0.6 is 22.9 Å². The van der Waals surface area contributed by atoms with Crippen molar-refractivity contribution in [1.82, 2.24) is 4.98 Å². The normalized spacial score (nSPS) is 10.6. The van der Waals surface area contributed by atoms with Gasteiger partial charge < -0.3 is 15.0 Å². The first-order valence-corrected chi connectivity index (χ1v) is 8.96. The second-order valence-electron chi connectivity index (χ2n) is 5.65. The van der Waals surface area contributed by atoms with Crippen molar-refractivity contribution in [3.05, 3.63) is 51.5 Å². The summed E-state index contributed by atoms with van der Waals surface area (Å²) < 4.78 is 5.89. The van der Waals surface area contributed by atoms with Gasteiger partial charge in [0.25, 0.3) is 5.69 Å². The Morgan fingerprint density at radius 3 is 2.85 bits per heavy atom.